The van der Waals surface area contributed by atoms with Crippen LogP contribution in [0.1, 0.15) is 18.9 Å². The molecule has 1 atom stereocenters. The zero-order valence-electron chi connectivity index (χ0n) is 33.1. The molecule has 3 aromatic heterocycles. The van der Waals surface area contributed by atoms with Gasteiger partial charge in [-0.3, -0.25) is 4.98 Å². The van der Waals surface area contributed by atoms with Gasteiger partial charge in [0.1, 0.15) is 0 Å². The minimum atomic E-state index is 0.543. The third kappa shape index (κ3) is 6.04. The van der Waals surface area contributed by atoms with Crippen molar-refractivity contribution in [2.24, 2.45) is 5.92 Å². The van der Waals surface area contributed by atoms with Gasteiger partial charge in [0.2, 0.25) is 0 Å². The second-order valence-corrected chi connectivity index (χ2v) is 15.9. The molecule has 1 aliphatic carbocycles. The van der Waals surface area contributed by atoms with Crippen LogP contribution in [-0.2, 0) is 0 Å². The summed E-state index contributed by atoms with van der Waals surface area (Å²) >= 11 is 0. The Balaban J connectivity index is 1.06. The molecule has 0 fully saturated rings. The summed E-state index contributed by atoms with van der Waals surface area (Å²) in [7, 11) is 0. The van der Waals surface area contributed by atoms with Crippen LogP contribution in [-0.4, -0.2) is 14.1 Å². The van der Waals surface area contributed by atoms with E-state index in [0.717, 1.165) is 51.4 Å². The molecular weight excluding hydrogens is 717 g/mol. The molecule has 1 aliphatic rings. The number of nitrogens with zero attached hydrogens (tertiary/aromatic N) is 4. The molecule has 10 aromatic rings. The van der Waals surface area contributed by atoms with Gasteiger partial charge in [-0.25, -0.2) is 0 Å². The molecule has 0 bridgehead atoms. The van der Waals surface area contributed by atoms with Crippen molar-refractivity contribution < 1.29 is 0 Å². The molecule has 7 aromatic carbocycles. The fraction of sp³-hybridized carbons (Fsp3) is 0.0727. The van der Waals surface area contributed by atoms with E-state index < -0.39 is 0 Å². The minimum Gasteiger partial charge on any atom is -0.311 e. The van der Waals surface area contributed by atoms with Crippen LogP contribution in [0.4, 0.5) is 11.4 Å². The maximum absolute atomic E-state index is 4.87. The van der Waals surface area contributed by atoms with E-state index in [2.05, 4.69) is 216 Å². The van der Waals surface area contributed by atoms with Crippen molar-refractivity contribution in [2.75, 3.05) is 4.90 Å². The average molecular weight is 759 g/mol. The van der Waals surface area contributed by atoms with Gasteiger partial charge >= 0.3 is 0 Å². The average Bonchev–Trinajstić information content (AvgIpc) is 3.81. The van der Waals surface area contributed by atoms with Crippen LogP contribution in [0.15, 0.2) is 206 Å². The van der Waals surface area contributed by atoms with Crippen molar-refractivity contribution in [3.05, 3.63) is 212 Å². The van der Waals surface area contributed by atoms with Crippen LogP contribution in [0.2, 0.25) is 0 Å². The van der Waals surface area contributed by atoms with Crippen molar-refractivity contribution in [1.82, 2.24) is 14.1 Å². The molecule has 0 spiro atoms. The number of anilines is 2. The summed E-state index contributed by atoms with van der Waals surface area (Å²) in [6.45, 7) is 4.40. The SMILES string of the molecule is Cc1ccc(N(C2=CCC(C)C=C2)c2ccc(-c3cncc(-c4cc(-n5c6ccccc6c6ccccc65)cc(-n5c6ccccc6c6ccccc65)c4)c3)cc2)cc1. The summed E-state index contributed by atoms with van der Waals surface area (Å²) in [5.74, 6) is 0.543. The van der Waals surface area contributed by atoms with Gasteiger partial charge in [0.25, 0.3) is 0 Å². The first-order valence-electron chi connectivity index (χ1n) is 20.5. The molecule has 0 radical (unpaired) electrons. The maximum Gasteiger partial charge on any atom is 0.0541 e. The van der Waals surface area contributed by atoms with Crippen molar-refractivity contribution in [2.45, 2.75) is 20.3 Å². The standard InChI is InChI=1S/C55H42N4/c1-37-19-25-43(26-20-37)57(44-27-21-38(2)22-28-44)45-29-23-39(24-30-45)41-31-42(36-56-35-41)40-32-46(58-52-15-7-3-11-48(52)49-12-4-8-16-53(49)58)34-47(33-40)59-54-17-9-5-13-50(54)51-14-6-10-18-55(51)59/h3-21,23-36,38H,22H2,1-2H3. The van der Waals surface area contributed by atoms with E-state index in [1.54, 1.807) is 0 Å². The van der Waals surface area contributed by atoms with Crippen molar-refractivity contribution in [3.8, 4) is 33.6 Å². The van der Waals surface area contributed by atoms with Crippen LogP contribution in [0, 0.1) is 12.8 Å². The largest absolute Gasteiger partial charge is 0.311 e. The van der Waals surface area contributed by atoms with Crippen molar-refractivity contribution in [3.63, 3.8) is 0 Å². The Labute approximate surface area is 344 Å². The Morgan fingerprint density at radius 3 is 1.42 bits per heavy atom. The Bertz CT molecular complexity index is 3030. The molecule has 4 nitrogen and oxygen atoms in total. The third-order valence-electron chi connectivity index (χ3n) is 12.0. The molecule has 1 unspecified atom stereocenters. The predicted molar refractivity (Wildman–Crippen MR) is 248 cm³/mol. The number of allylic oxidation sites excluding steroid dienone is 3. The highest BCUT2D eigenvalue weighted by atomic mass is 15.1. The molecular formula is C55H42N4. The summed E-state index contributed by atoms with van der Waals surface area (Å²) < 4.78 is 4.83. The van der Waals surface area contributed by atoms with Crippen LogP contribution in [0.5, 0.6) is 0 Å². The number of fused-ring (bicyclic) bond motifs is 6. The number of aryl methyl sites for hydroxylation is 1. The van der Waals surface area contributed by atoms with Crippen LogP contribution in [0.3, 0.4) is 0 Å². The van der Waals surface area contributed by atoms with Crippen LogP contribution in [0.25, 0.3) is 77.2 Å². The Morgan fingerprint density at radius 1 is 0.492 bits per heavy atom. The summed E-state index contributed by atoms with van der Waals surface area (Å²) in [6, 6.07) is 61.9. The smallest absolute Gasteiger partial charge is 0.0541 e. The lowest BCUT2D eigenvalue weighted by Gasteiger charge is -2.28. The van der Waals surface area contributed by atoms with Gasteiger partial charge in [-0.2, -0.15) is 0 Å². The molecule has 0 saturated carbocycles. The topological polar surface area (TPSA) is 26.0 Å². The molecule has 3 heterocycles. The van der Waals surface area contributed by atoms with E-state index in [1.165, 1.54) is 54.9 Å². The van der Waals surface area contributed by atoms with Crippen molar-refractivity contribution in [1.29, 1.82) is 0 Å². The second kappa shape index (κ2) is 14.2. The van der Waals surface area contributed by atoms with E-state index in [1.807, 2.05) is 12.4 Å². The molecule has 11 rings (SSSR count). The third-order valence-corrected chi connectivity index (χ3v) is 12.0. The lowest BCUT2D eigenvalue weighted by molar-refractivity contribution is 0.728. The normalized spacial score (nSPS) is 14.1. The number of hydrogen-bond donors (Lipinski definition) is 0. The van der Waals surface area contributed by atoms with Gasteiger partial charge in [0.05, 0.1) is 22.1 Å². The fourth-order valence-electron chi connectivity index (χ4n) is 9.00. The Morgan fingerprint density at radius 2 is 0.949 bits per heavy atom. The number of hydrogen-bond acceptors (Lipinski definition) is 2. The van der Waals surface area contributed by atoms with Gasteiger partial charge in [0.15, 0.2) is 0 Å². The first-order chi connectivity index (χ1) is 29.1. The van der Waals surface area contributed by atoms with E-state index in [0.29, 0.717) is 5.92 Å². The highest BCUT2D eigenvalue weighted by Gasteiger charge is 2.19. The molecule has 59 heavy (non-hydrogen) atoms. The predicted octanol–water partition coefficient (Wildman–Crippen LogP) is 14.5. The molecule has 0 aliphatic heterocycles. The van der Waals surface area contributed by atoms with Crippen molar-refractivity contribution >= 4 is 55.0 Å². The molecule has 282 valence electrons. The van der Waals surface area contributed by atoms with Gasteiger partial charge < -0.3 is 14.0 Å². The summed E-state index contributed by atoms with van der Waals surface area (Å²) in [5, 5.41) is 4.96. The summed E-state index contributed by atoms with van der Waals surface area (Å²) in [4.78, 5) is 7.23. The zero-order valence-corrected chi connectivity index (χ0v) is 33.1. The Kier molecular flexibility index (Phi) is 8.37. The highest BCUT2D eigenvalue weighted by molar-refractivity contribution is 6.10. The lowest BCUT2D eigenvalue weighted by Crippen LogP contribution is -2.17. The first kappa shape index (κ1) is 34.8. The number of pyridine rings is 1. The van der Waals surface area contributed by atoms with E-state index in [4.69, 9.17) is 4.98 Å². The summed E-state index contributed by atoms with van der Waals surface area (Å²) in [5.41, 5.74) is 16.0. The second-order valence-electron chi connectivity index (χ2n) is 15.9. The first-order valence-corrected chi connectivity index (χ1v) is 20.5. The number of para-hydroxylation sites is 4. The monoisotopic (exact) mass is 758 g/mol. The molecule has 4 heteroatoms. The quantitative estimate of drug-likeness (QED) is 0.162. The van der Waals surface area contributed by atoms with Crippen LogP contribution >= 0.6 is 0 Å². The minimum absolute atomic E-state index is 0.543. The molecule has 0 amide bonds. The van der Waals surface area contributed by atoms with E-state index in [9.17, 15) is 0 Å². The lowest BCUT2D eigenvalue weighted by atomic mass is 9.99. The molecule has 0 saturated heterocycles. The zero-order chi connectivity index (χ0) is 39.5. The van der Waals surface area contributed by atoms with Crippen LogP contribution < -0.4 is 4.90 Å². The maximum atomic E-state index is 4.87. The highest BCUT2D eigenvalue weighted by Crippen LogP contribution is 2.39. The summed E-state index contributed by atoms with van der Waals surface area (Å²) in [6.07, 6.45) is 11.9. The number of aromatic nitrogens is 3. The Hall–Kier alpha value is -7.43. The molecule has 0 N–H and O–H groups in total. The van der Waals surface area contributed by atoms with Gasteiger partial charge in [-0.15, -0.1) is 0 Å². The van der Waals surface area contributed by atoms with Gasteiger partial charge in [0, 0.05) is 73.5 Å². The number of benzene rings is 7. The van der Waals surface area contributed by atoms with Gasteiger partial charge in [-0.1, -0.05) is 122 Å². The van der Waals surface area contributed by atoms with Gasteiger partial charge in [-0.05, 0) is 109 Å². The van der Waals surface area contributed by atoms with E-state index in [-0.39, 0.29) is 0 Å². The van der Waals surface area contributed by atoms with E-state index >= 15 is 0 Å². The number of rotatable bonds is 7. The fourth-order valence-corrected chi connectivity index (χ4v) is 9.00.